The van der Waals surface area contributed by atoms with Crippen LogP contribution < -0.4 is 0 Å². The zero-order valence-electron chi connectivity index (χ0n) is 30.7. The lowest BCUT2D eigenvalue weighted by Gasteiger charge is -2.33. The highest BCUT2D eigenvalue weighted by atomic mass is 14.4. The van der Waals surface area contributed by atoms with Crippen LogP contribution in [0.2, 0.25) is 0 Å². The Labute approximate surface area is 282 Å². The van der Waals surface area contributed by atoms with Gasteiger partial charge in [-0.15, -0.1) is 0 Å². The Morgan fingerprint density at radius 2 is 0.733 bits per heavy atom. The van der Waals surface area contributed by atoms with Crippen LogP contribution in [0.25, 0.3) is 11.1 Å². The Balaban J connectivity index is 1.50. The van der Waals surface area contributed by atoms with Crippen molar-refractivity contribution in [3.05, 3.63) is 59.7 Å². The van der Waals surface area contributed by atoms with E-state index in [-0.39, 0.29) is 5.41 Å². The maximum Gasteiger partial charge on any atom is 0.0215 e. The van der Waals surface area contributed by atoms with Crippen molar-refractivity contribution in [1.29, 1.82) is 0 Å². The third-order valence-corrected chi connectivity index (χ3v) is 11.7. The van der Waals surface area contributed by atoms with Gasteiger partial charge >= 0.3 is 0 Å². The predicted octanol–water partition coefficient (Wildman–Crippen LogP) is 15.4. The van der Waals surface area contributed by atoms with E-state index in [1.807, 2.05) is 0 Å². The van der Waals surface area contributed by atoms with Crippen LogP contribution in [0.4, 0.5) is 0 Å². The third kappa shape index (κ3) is 12.5. The summed E-state index contributed by atoms with van der Waals surface area (Å²) in [7, 11) is 0. The fraction of sp³-hybridized carbons (Fsp3) is 0.733. The zero-order chi connectivity index (χ0) is 32.0. The monoisotopic (exact) mass is 615 g/mol. The molecule has 0 aromatic heterocycles. The molecule has 0 heteroatoms. The minimum atomic E-state index is 0.221. The Hall–Kier alpha value is -1.56. The average molecular weight is 615 g/mol. The molecule has 0 saturated heterocycles. The summed E-state index contributed by atoms with van der Waals surface area (Å²) in [5.41, 5.74) is 6.52. The van der Waals surface area contributed by atoms with Gasteiger partial charge in [-0.1, -0.05) is 230 Å². The number of benzene rings is 2. The van der Waals surface area contributed by atoms with Crippen LogP contribution in [0.15, 0.2) is 48.5 Å². The fourth-order valence-corrected chi connectivity index (χ4v) is 8.68. The van der Waals surface area contributed by atoms with Gasteiger partial charge in [-0.3, -0.25) is 0 Å². The molecule has 1 aliphatic rings. The molecule has 254 valence electrons. The van der Waals surface area contributed by atoms with Gasteiger partial charge in [0.05, 0.1) is 0 Å². The van der Waals surface area contributed by atoms with Crippen LogP contribution in [0.5, 0.6) is 0 Å². The molecule has 0 spiro atoms. The fourth-order valence-electron chi connectivity index (χ4n) is 8.68. The Morgan fingerprint density at radius 3 is 1.11 bits per heavy atom. The van der Waals surface area contributed by atoms with Crippen molar-refractivity contribution in [3.8, 4) is 11.1 Å². The van der Waals surface area contributed by atoms with Gasteiger partial charge < -0.3 is 0 Å². The highest BCUT2D eigenvalue weighted by molar-refractivity contribution is 5.80. The maximum atomic E-state index is 2.48. The summed E-state index contributed by atoms with van der Waals surface area (Å²) >= 11 is 0. The number of unbranched alkanes of at least 4 members (excludes halogenated alkanes) is 14. The van der Waals surface area contributed by atoms with Crippen molar-refractivity contribution >= 4 is 0 Å². The molecule has 1 aliphatic carbocycles. The molecule has 0 radical (unpaired) electrons. The van der Waals surface area contributed by atoms with Crippen molar-refractivity contribution in [3.63, 3.8) is 0 Å². The summed E-state index contributed by atoms with van der Waals surface area (Å²) in [6.07, 6.45) is 36.8. The minimum Gasteiger partial charge on any atom is -0.0654 e. The molecule has 0 bridgehead atoms. The Bertz CT molecular complexity index is 919. The quantitative estimate of drug-likeness (QED) is 0.0836. The lowest BCUT2D eigenvalue weighted by Crippen LogP contribution is -2.25. The second kappa shape index (κ2) is 22.9. The SMILES string of the molecule is CCCCCCCCC(CC)CCCCCC1(CCCCCC(CC)CCCCCCCC)c2ccccc2-c2ccccc21. The first-order chi connectivity index (χ1) is 22.2. The predicted molar refractivity (Wildman–Crippen MR) is 202 cm³/mol. The molecule has 0 amide bonds. The number of hydrogen-bond acceptors (Lipinski definition) is 0. The van der Waals surface area contributed by atoms with E-state index < -0.39 is 0 Å². The maximum absolute atomic E-state index is 2.48. The van der Waals surface area contributed by atoms with Gasteiger partial charge in [-0.05, 0) is 46.9 Å². The molecule has 3 rings (SSSR count). The standard InChI is InChI=1S/C45H74/c1-5-9-11-13-15-19-29-39(7-3)31-21-17-27-37-45(43-35-25-23-33-41(43)42-34-24-26-36-44(42)45)38-28-18-22-32-40(8-4)30-20-16-14-12-10-6-2/h23-26,33-36,39-40H,5-22,27-32,37-38H2,1-4H3. The van der Waals surface area contributed by atoms with Crippen LogP contribution in [-0.2, 0) is 5.41 Å². The topological polar surface area (TPSA) is 0 Å². The molecular formula is C45H74. The van der Waals surface area contributed by atoms with Crippen LogP contribution >= 0.6 is 0 Å². The van der Waals surface area contributed by atoms with Crippen molar-refractivity contribution in [2.75, 3.05) is 0 Å². The zero-order valence-corrected chi connectivity index (χ0v) is 30.7. The van der Waals surface area contributed by atoms with Crippen LogP contribution in [0.3, 0.4) is 0 Å². The van der Waals surface area contributed by atoms with E-state index in [1.54, 1.807) is 11.1 Å². The number of hydrogen-bond donors (Lipinski definition) is 0. The summed E-state index contributed by atoms with van der Waals surface area (Å²) < 4.78 is 0. The van der Waals surface area contributed by atoms with Crippen molar-refractivity contribution in [2.45, 2.75) is 200 Å². The van der Waals surface area contributed by atoms with E-state index in [4.69, 9.17) is 0 Å². The van der Waals surface area contributed by atoms with E-state index in [9.17, 15) is 0 Å². The normalized spacial score (nSPS) is 14.8. The molecule has 0 N–H and O–H groups in total. The van der Waals surface area contributed by atoms with E-state index in [2.05, 4.69) is 76.2 Å². The lowest BCUT2D eigenvalue weighted by atomic mass is 9.70. The van der Waals surface area contributed by atoms with Gasteiger partial charge in [-0.2, -0.15) is 0 Å². The second-order valence-electron chi connectivity index (χ2n) is 15.0. The summed E-state index contributed by atoms with van der Waals surface area (Å²) in [4.78, 5) is 0. The van der Waals surface area contributed by atoms with Crippen molar-refractivity contribution in [2.24, 2.45) is 11.8 Å². The molecule has 2 unspecified atom stereocenters. The summed E-state index contributed by atoms with van der Waals surface area (Å²) in [5.74, 6) is 1.90. The lowest BCUT2D eigenvalue weighted by molar-refractivity contribution is 0.363. The molecule has 0 nitrogen and oxygen atoms in total. The second-order valence-corrected chi connectivity index (χ2v) is 15.0. The smallest absolute Gasteiger partial charge is 0.0215 e. The van der Waals surface area contributed by atoms with Gasteiger partial charge in [0.15, 0.2) is 0 Å². The number of fused-ring (bicyclic) bond motifs is 3. The summed E-state index contributed by atoms with van der Waals surface area (Å²) in [5, 5.41) is 0. The Kier molecular flexibility index (Phi) is 19.3. The van der Waals surface area contributed by atoms with Crippen molar-refractivity contribution in [1.82, 2.24) is 0 Å². The van der Waals surface area contributed by atoms with Gasteiger partial charge in [0.25, 0.3) is 0 Å². The molecule has 0 fully saturated rings. The molecule has 0 heterocycles. The summed E-state index contributed by atoms with van der Waals surface area (Å²) in [6, 6.07) is 18.9. The van der Waals surface area contributed by atoms with Gasteiger partial charge in [-0.25, -0.2) is 0 Å². The Morgan fingerprint density at radius 1 is 0.400 bits per heavy atom. The number of rotatable bonds is 28. The van der Waals surface area contributed by atoms with Crippen LogP contribution in [-0.4, -0.2) is 0 Å². The van der Waals surface area contributed by atoms with E-state index in [1.165, 1.54) is 178 Å². The molecule has 2 aromatic carbocycles. The highest BCUT2D eigenvalue weighted by Gasteiger charge is 2.41. The largest absolute Gasteiger partial charge is 0.0654 e. The molecule has 0 saturated carbocycles. The molecule has 45 heavy (non-hydrogen) atoms. The molecule has 0 aliphatic heterocycles. The van der Waals surface area contributed by atoms with E-state index in [0.29, 0.717) is 0 Å². The van der Waals surface area contributed by atoms with E-state index in [0.717, 1.165) is 11.8 Å². The van der Waals surface area contributed by atoms with E-state index >= 15 is 0 Å². The first kappa shape index (κ1) is 37.9. The molecular weight excluding hydrogens is 540 g/mol. The van der Waals surface area contributed by atoms with Crippen molar-refractivity contribution < 1.29 is 0 Å². The molecule has 2 aromatic rings. The van der Waals surface area contributed by atoms with Crippen LogP contribution in [0, 0.1) is 11.8 Å². The highest BCUT2D eigenvalue weighted by Crippen LogP contribution is 2.54. The van der Waals surface area contributed by atoms with Crippen LogP contribution in [0.1, 0.15) is 206 Å². The minimum absolute atomic E-state index is 0.221. The average Bonchev–Trinajstić information content (AvgIpc) is 3.35. The first-order valence-electron chi connectivity index (χ1n) is 20.4. The summed E-state index contributed by atoms with van der Waals surface area (Å²) in [6.45, 7) is 9.50. The van der Waals surface area contributed by atoms with Gasteiger partial charge in [0, 0.05) is 5.41 Å². The van der Waals surface area contributed by atoms with Gasteiger partial charge in [0.2, 0.25) is 0 Å². The molecule has 2 atom stereocenters. The third-order valence-electron chi connectivity index (χ3n) is 11.7. The first-order valence-corrected chi connectivity index (χ1v) is 20.4. The van der Waals surface area contributed by atoms with Gasteiger partial charge in [0.1, 0.15) is 0 Å².